The second-order valence-electron chi connectivity index (χ2n) is 6.77. The van der Waals surface area contributed by atoms with Gasteiger partial charge in [-0.2, -0.15) is 5.10 Å². The summed E-state index contributed by atoms with van der Waals surface area (Å²) in [5.41, 5.74) is 1.27. The van der Waals surface area contributed by atoms with Gasteiger partial charge in [-0.25, -0.2) is 4.79 Å². The number of amides is 2. The van der Waals surface area contributed by atoms with Crippen LogP contribution in [0.5, 0.6) is 0 Å². The zero-order chi connectivity index (χ0) is 19.8. The number of aromatic amines is 1. The van der Waals surface area contributed by atoms with Gasteiger partial charge in [0.2, 0.25) is 5.91 Å². The molecule has 2 amide bonds. The maximum atomic E-state index is 12.3. The van der Waals surface area contributed by atoms with Gasteiger partial charge in [-0.15, -0.1) is 0 Å². The first-order chi connectivity index (χ1) is 13.6. The number of nitrogens with one attached hydrogen (secondary N) is 3. The predicted molar refractivity (Wildman–Crippen MR) is 103 cm³/mol. The molecule has 0 saturated heterocycles. The highest BCUT2D eigenvalue weighted by molar-refractivity contribution is 5.95. The van der Waals surface area contributed by atoms with Crippen molar-refractivity contribution in [3.63, 3.8) is 0 Å². The van der Waals surface area contributed by atoms with Crippen LogP contribution in [0.3, 0.4) is 0 Å². The molecule has 148 valence electrons. The zero-order valence-electron chi connectivity index (χ0n) is 15.6. The molecule has 1 saturated carbocycles. The van der Waals surface area contributed by atoms with Gasteiger partial charge in [0.25, 0.3) is 5.91 Å². The second kappa shape index (κ2) is 9.68. The highest BCUT2D eigenvalue weighted by Gasteiger charge is 2.21. The number of H-pyrrole nitrogens is 1. The smallest absolute Gasteiger partial charge is 0.338 e. The normalized spacial score (nSPS) is 14.3. The monoisotopic (exact) mass is 384 g/mol. The van der Waals surface area contributed by atoms with Crippen LogP contribution in [0.1, 0.15) is 53.0 Å². The van der Waals surface area contributed by atoms with Crippen LogP contribution in [-0.4, -0.2) is 41.1 Å². The summed E-state index contributed by atoms with van der Waals surface area (Å²) in [7, 11) is 0. The number of hydrogen-bond donors (Lipinski definition) is 3. The van der Waals surface area contributed by atoms with Gasteiger partial charge in [-0.1, -0.05) is 25.3 Å². The highest BCUT2D eigenvalue weighted by atomic mass is 16.5. The van der Waals surface area contributed by atoms with Crippen LogP contribution in [0.4, 0.5) is 5.69 Å². The van der Waals surface area contributed by atoms with Crippen LogP contribution in [0.25, 0.3) is 0 Å². The Morgan fingerprint density at radius 3 is 2.71 bits per heavy atom. The summed E-state index contributed by atoms with van der Waals surface area (Å²) < 4.78 is 5.18. The van der Waals surface area contributed by atoms with Gasteiger partial charge in [0, 0.05) is 17.8 Å². The summed E-state index contributed by atoms with van der Waals surface area (Å²) in [6.45, 7) is 0.221. The van der Waals surface area contributed by atoms with Gasteiger partial charge in [-0.05, 0) is 37.1 Å². The minimum Gasteiger partial charge on any atom is -0.460 e. The van der Waals surface area contributed by atoms with E-state index in [4.69, 9.17) is 4.74 Å². The molecule has 0 radical (unpaired) electrons. The first-order valence-corrected chi connectivity index (χ1v) is 9.49. The lowest BCUT2D eigenvalue weighted by atomic mass is 9.88. The Kier molecular flexibility index (Phi) is 6.78. The van der Waals surface area contributed by atoms with E-state index in [-0.39, 0.29) is 30.9 Å². The van der Waals surface area contributed by atoms with Crippen LogP contribution in [-0.2, 0) is 9.53 Å². The predicted octanol–water partition coefficient (Wildman–Crippen LogP) is 2.52. The zero-order valence-corrected chi connectivity index (χ0v) is 15.6. The molecule has 1 fully saturated rings. The Labute approximate surface area is 163 Å². The standard InChI is InChI=1S/C20H24N4O4/c25-18(14-5-2-1-3-6-14)23-16-8-4-7-15(13-16)20(27)28-12-11-21-19(26)17-9-10-22-24-17/h4,7-10,13-14H,1-3,5-6,11-12H2,(H,21,26)(H,22,24)(H,23,25). The van der Waals surface area contributed by atoms with E-state index in [1.807, 2.05) is 0 Å². The van der Waals surface area contributed by atoms with Crippen molar-refractivity contribution in [2.75, 3.05) is 18.5 Å². The first kappa shape index (κ1) is 19.6. The van der Waals surface area contributed by atoms with Crippen molar-refractivity contribution in [3.8, 4) is 0 Å². The van der Waals surface area contributed by atoms with Crippen molar-refractivity contribution in [3.05, 3.63) is 47.8 Å². The summed E-state index contributed by atoms with van der Waals surface area (Å²) >= 11 is 0. The Morgan fingerprint density at radius 1 is 1.14 bits per heavy atom. The second-order valence-corrected chi connectivity index (χ2v) is 6.77. The van der Waals surface area contributed by atoms with E-state index in [1.54, 1.807) is 30.3 Å². The minimum absolute atomic E-state index is 0.00624. The molecule has 28 heavy (non-hydrogen) atoms. The average molecular weight is 384 g/mol. The number of rotatable bonds is 7. The number of anilines is 1. The van der Waals surface area contributed by atoms with Crippen molar-refractivity contribution in [2.24, 2.45) is 5.92 Å². The van der Waals surface area contributed by atoms with Crippen molar-refractivity contribution in [2.45, 2.75) is 32.1 Å². The number of carbonyl (C=O) groups is 3. The quantitative estimate of drug-likeness (QED) is 0.501. The van der Waals surface area contributed by atoms with Gasteiger partial charge in [-0.3, -0.25) is 14.7 Å². The molecule has 0 aliphatic heterocycles. The number of nitrogens with zero attached hydrogens (tertiary/aromatic N) is 1. The maximum Gasteiger partial charge on any atom is 0.338 e. The van der Waals surface area contributed by atoms with Crippen LogP contribution in [0, 0.1) is 5.92 Å². The SMILES string of the molecule is O=C(OCCNC(=O)c1ccn[nH]1)c1cccc(NC(=O)C2CCCCC2)c1. The van der Waals surface area contributed by atoms with E-state index >= 15 is 0 Å². The molecule has 2 aromatic rings. The maximum absolute atomic E-state index is 12.3. The van der Waals surface area contributed by atoms with Crippen molar-refractivity contribution in [1.82, 2.24) is 15.5 Å². The lowest BCUT2D eigenvalue weighted by molar-refractivity contribution is -0.120. The van der Waals surface area contributed by atoms with Crippen molar-refractivity contribution in [1.29, 1.82) is 0 Å². The molecule has 0 bridgehead atoms. The number of carbonyl (C=O) groups excluding carboxylic acids is 3. The summed E-state index contributed by atoms with van der Waals surface area (Å²) in [4.78, 5) is 36.3. The van der Waals surface area contributed by atoms with E-state index < -0.39 is 5.97 Å². The van der Waals surface area contributed by atoms with Gasteiger partial charge >= 0.3 is 5.97 Å². The number of aromatic nitrogens is 2. The third kappa shape index (κ3) is 5.42. The molecule has 1 aliphatic rings. The van der Waals surface area contributed by atoms with Gasteiger partial charge in [0.15, 0.2) is 0 Å². The molecule has 3 N–H and O–H groups in total. The number of ether oxygens (including phenoxy) is 1. The Hall–Kier alpha value is -3.16. The Morgan fingerprint density at radius 2 is 1.96 bits per heavy atom. The summed E-state index contributed by atoms with van der Waals surface area (Å²) in [6.07, 6.45) is 6.67. The molecule has 0 spiro atoms. The van der Waals surface area contributed by atoms with E-state index in [9.17, 15) is 14.4 Å². The van der Waals surface area contributed by atoms with E-state index in [1.165, 1.54) is 12.6 Å². The lowest BCUT2D eigenvalue weighted by Crippen LogP contribution is -2.28. The van der Waals surface area contributed by atoms with Gasteiger partial charge in [0.05, 0.1) is 12.1 Å². The minimum atomic E-state index is -0.510. The number of hydrogen-bond acceptors (Lipinski definition) is 5. The van der Waals surface area contributed by atoms with E-state index in [2.05, 4.69) is 20.8 Å². The van der Waals surface area contributed by atoms with Crippen LogP contribution < -0.4 is 10.6 Å². The molecule has 0 unspecified atom stereocenters. The Bertz CT molecular complexity index is 813. The summed E-state index contributed by atoms with van der Waals surface area (Å²) in [5, 5.41) is 11.8. The summed E-state index contributed by atoms with van der Waals surface area (Å²) in [5.74, 6) is -0.778. The summed E-state index contributed by atoms with van der Waals surface area (Å²) in [6, 6.07) is 8.23. The molecule has 1 aliphatic carbocycles. The topological polar surface area (TPSA) is 113 Å². The van der Waals surface area contributed by atoms with E-state index in [0.717, 1.165) is 25.7 Å². The van der Waals surface area contributed by atoms with Gasteiger partial charge < -0.3 is 15.4 Å². The molecule has 1 aromatic heterocycles. The molecule has 8 heteroatoms. The molecule has 0 atom stereocenters. The third-order valence-corrected chi connectivity index (χ3v) is 4.71. The molecule has 1 aromatic carbocycles. The highest BCUT2D eigenvalue weighted by Crippen LogP contribution is 2.25. The largest absolute Gasteiger partial charge is 0.460 e. The van der Waals surface area contributed by atoms with Crippen LogP contribution in [0.2, 0.25) is 0 Å². The van der Waals surface area contributed by atoms with Crippen LogP contribution in [0.15, 0.2) is 36.5 Å². The molecular weight excluding hydrogens is 360 g/mol. The fraction of sp³-hybridized carbons (Fsp3) is 0.400. The fourth-order valence-corrected chi connectivity index (χ4v) is 3.20. The van der Waals surface area contributed by atoms with E-state index in [0.29, 0.717) is 16.9 Å². The average Bonchev–Trinajstić information content (AvgIpc) is 3.27. The van der Waals surface area contributed by atoms with Crippen molar-refractivity contribution < 1.29 is 19.1 Å². The molecule has 1 heterocycles. The molecule has 3 rings (SSSR count). The number of benzene rings is 1. The molecular formula is C20H24N4O4. The van der Waals surface area contributed by atoms with Gasteiger partial charge in [0.1, 0.15) is 12.3 Å². The lowest BCUT2D eigenvalue weighted by Gasteiger charge is -2.20. The fourth-order valence-electron chi connectivity index (χ4n) is 3.20. The van der Waals surface area contributed by atoms with Crippen molar-refractivity contribution >= 4 is 23.5 Å². The Balaban J connectivity index is 1.45. The molecule has 8 nitrogen and oxygen atoms in total. The first-order valence-electron chi connectivity index (χ1n) is 9.49. The van der Waals surface area contributed by atoms with Crippen LogP contribution >= 0.6 is 0 Å². The number of esters is 1. The third-order valence-electron chi connectivity index (χ3n) is 4.71.